The van der Waals surface area contributed by atoms with Crippen molar-refractivity contribution in [3.05, 3.63) is 29.6 Å². The van der Waals surface area contributed by atoms with E-state index in [-0.39, 0.29) is 5.56 Å². The highest BCUT2D eigenvalue weighted by molar-refractivity contribution is 6.18. The van der Waals surface area contributed by atoms with Gasteiger partial charge < -0.3 is 4.74 Å². The van der Waals surface area contributed by atoms with Crippen molar-refractivity contribution in [2.45, 2.75) is 12.8 Å². The van der Waals surface area contributed by atoms with Crippen LogP contribution in [-0.4, -0.2) is 12.2 Å². The molecule has 0 unspecified atom stereocenters. The molecule has 0 aliphatic heterocycles. The molecule has 0 bridgehead atoms. The molecule has 1 nitrogen and oxygen atoms in total. The number of alkyl halides is 4. The first kappa shape index (κ1) is 13.7. The molecule has 0 amide bonds. The van der Waals surface area contributed by atoms with Gasteiger partial charge in [0.05, 0.1) is 0 Å². The van der Waals surface area contributed by atoms with Crippen molar-refractivity contribution in [3.8, 4) is 17.6 Å². The fourth-order valence-electron chi connectivity index (χ4n) is 0.998. The van der Waals surface area contributed by atoms with Gasteiger partial charge in [-0.25, -0.2) is 4.39 Å². The van der Waals surface area contributed by atoms with E-state index in [2.05, 4.69) is 16.6 Å². The summed E-state index contributed by atoms with van der Waals surface area (Å²) in [6.07, 6.45) is -4.49. The summed E-state index contributed by atoms with van der Waals surface area (Å²) < 4.78 is 52.2. The summed E-state index contributed by atoms with van der Waals surface area (Å²) in [4.78, 5) is 0. The predicted molar refractivity (Wildman–Crippen MR) is 55.3 cm³/mol. The van der Waals surface area contributed by atoms with Crippen molar-refractivity contribution in [2.75, 3.05) is 5.88 Å². The molecule has 0 fully saturated rings. The summed E-state index contributed by atoms with van der Waals surface area (Å²) in [5.74, 6) is 3.55. The first-order valence-corrected chi connectivity index (χ1v) is 5.06. The molecular weight excluding hydrogens is 260 g/mol. The smallest absolute Gasteiger partial charge is 0.403 e. The molecule has 0 saturated carbocycles. The molecule has 1 aromatic rings. The molecule has 0 aliphatic rings. The Labute approximate surface area is 100 Å². The van der Waals surface area contributed by atoms with Crippen LogP contribution in [0.15, 0.2) is 18.2 Å². The van der Waals surface area contributed by atoms with Gasteiger partial charge in [0.25, 0.3) is 0 Å². The maximum Gasteiger partial charge on any atom is 0.573 e. The lowest BCUT2D eigenvalue weighted by molar-refractivity contribution is -0.275. The largest absolute Gasteiger partial charge is 0.573 e. The Morgan fingerprint density at radius 3 is 2.53 bits per heavy atom. The topological polar surface area (TPSA) is 9.23 Å². The van der Waals surface area contributed by atoms with Crippen molar-refractivity contribution in [1.29, 1.82) is 0 Å². The molecule has 0 spiro atoms. The first-order chi connectivity index (χ1) is 7.92. The van der Waals surface area contributed by atoms with Gasteiger partial charge in [0.2, 0.25) is 0 Å². The summed E-state index contributed by atoms with van der Waals surface area (Å²) in [6.45, 7) is 0. The Morgan fingerprint density at radius 1 is 1.29 bits per heavy atom. The highest BCUT2D eigenvalue weighted by Crippen LogP contribution is 2.25. The molecule has 0 radical (unpaired) electrons. The minimum Gasteiger partial charge on any atom is -0.403 e. The van der Waals surface area contributed by atoms with Crippen molar-refractivity contribution >= 4 is 11.6 Å². The van der Waals surface area contributed by atoms with E-state index < -0.39 is 17.9 Å². The molecule has 0 atom stereocenters. The maximum absolute atomic E-state index is 13.2. The fraction of sp³-hybridized carbons (Fsp3) is 0.273. The lowest BCUT2D eigenvalue weighted by atomic mass is 10.2. The second-order valence-electron chi connectivity index (χ2n) is 2.93. The van der Waals surface area contributed by atoms with Gasteiger partial charge in [-0.1, -0.05) is 11.8 Å². The molecule has 92 valence electrons. The van der Waals surface area contributed by atoms with E-state index in [0.29, 0.717) is 12.3 Å². The molecule has 0 heterocycles. The molecule has 0 aromatic heterocycles. The third-order valence-electron chi connectivity index (χ3n) is 1.61. The highest BCUT2D eigenvalue weighted by atomic mass is 35.5. The molecule has 6 heteroatoms. The zero-order valence-corrected chi connectivity index (χ0v) is 9.20. The second-order valence-corrected chi connectivity index (χ2v) is 3.31. The Balaban J connectivity index is 2.84. The zero-order valence-electron chi connectivity index (χ0n) is 8.44. The van der Waals surface area contributed by atoms with E-state index in [1.54, 1.807) is 0 Å². The molecule has 1 rings (SSSR count). The Bertz CT molecular complexity index is 445. The van der Waals surface area contributed by atoms with Crippen molar-refractivity contribution in [2.24, 2.45) is 0 Å². The minimum absolute atomic E-state index is 0.266. The summed E-state index contributed by atoms with van der Waals surface area (Å²) in [5, 5.41) is 0. The molecule has 0 N–H and O–H groups in total. The summed E-state index contributed by atoms with van der Waals surface area (Å²) >= 11 is 5.38. The third-order valence-corrected chi connectivity index (χ3v) is 1.80. The molecular formula is C11H7ClF4O. The van der Waals surface area contributed by atoms with Crippen LogP contribution in [0.2, 0.25) is 0 Å². The van der Waals surface area contributed by atoms with Gasteiger partial charge in [0.15, 0.2) is 11.6 Å². The monoisotopic (exact) mass is 266 g/mol. The number of benzene rings is 1. The number of ether oxygens (including phenoxy) is 1. The van der Waals surface area contributed by atoms with Crippen LogP contribution in [0.3, 0.4) is 0 Å². The van der Waals surface area contributed by atoms with Gasteiger partial charge in [-0.05, 0) is 18.2 Å². The Morgan fingerprint density at radius 2 is 2.00 bits per heavy atom. The minimum atomic E-state index is -4.91. The van der Waals surface area contributed by atoms with E-state index in [0.717, 1.165) is 12.1 Å². The van der Waals surface area contributed by atoms with E-state index in [1.807, 2.05) is 0 Å². The van der Waals surface area contributed by atoms with Crippen LogP contribution in [0.1, 0.15) is 12.0 Å². The lowest BCUT2D eigenvalue weighted by Crippen LogP contribution is -2.17. The van der Waals surface area contributed by atoms with Gasteiger partial charge in [-0.2, -0.15) is 0 Å². The van der Waals surface area contributed by atoms with Gasteiger partial charge >= 0.3 is 6.36 Å². The molecule has 1 aromatic carbocycles. The van der Waals surface area contributed by atoms with Gasteiger partial charge in [-0.15, -0.1) is 24.8 Å². The normalized spacial score (nSPS) is 10.6. The summed E-state index contributed by atoms with van der Waals surface area (Å²) in [6, 6.07) is 3.00. The molecule has 0 saturated heterocycles. The van der Waals surface area contributed by atoms with Crippen molar-refractivity contribution in [3.63, 3.8) is 0 Å². The molecule has 0 aliphatic carbocycles. The van der Waals surface area contributed by atoms with E-state index in [4.69, 9.17) is 11.6 Å². The summed E-state index contributed by atoms with van der Waals surface area (Å²) in [5.41, 5.74) is 0.266. The summed E-state index contributed by atoms with van der Waals surface area (Å²) in [7, 11) is 0. The zero-order chi connectivity index (χ0) is 12.9. The number of hydrogen-bond donors (Lipinski definition) is 0. The maximum atomic E-state index is 13.2. The number of rotatable bonds is 2. The van der Waals surface area contributed by atoms with E-state index in [1.165, 1.54) is 6.07 Å². The molecule has 17 heavy (non-hydrogen) atoms. The Kier molecular flexibility index (Phi) is 4.64. The number of halogens is 5. The lowest BCUT2D eigenvalue weighted by Gasteiger charge is -2.09. The van der Waals surface area contributed by atoms with Crippen molar-refractivity contribution in [1.82, 2.24) is 0 Å². The highest BCUT2D eigenvalue weighted by Gasteiger charge is 2.32. The van der Waals surface area contributed by atoms with Crippen LogP contribution in [-0.2, 0) is 0 Å². The standard InChI is InChI=1S/C11H7ClF4O/c12-6-2-1-3-8-4-5-10(9(13)7-8)17-11(14,15)16/h4-5,7H,2,6H2. The van der Waals surface area contributed by atoms with Crippen molar-refractivity contribution < 1.29 is 22.3 Å². The van der Waals surface area contributed by atoms with Crippen LogP contribution < -0.4 is 4.74 Å². The van der Waals surface area contributed by atoms with Crippen LogP contribution in [0, 0.1) is 17.7 Å². The van der Waals surface area contributed by atoms with Gasteiger partial charge in [0, 0.05) is 17.9 Å². The second kappa shape index (κ2) is 5.78. The quantitative estimate of drug-likeness (QED) is 0.450. The van der Waals surface area contributed by atoms with E-state index in [9.17, 15) is 17.6 Å². The first-order valence-electron chi connectivity index (χ1n) is 4.52. The fourth-order valence-corrected chi connectivity index (χ4v) is 1.09. The van der Waals surface area contributed by atoms with Gasteiger partial charge in [0.1, 0.15) is 0 Å². The van der Waals surface area contributed by atoms with Crippen LogP contribution >= 0.6 is 11.6 Å². The van der Waals surface area contributed by atoms with Crippen LogP contribution in [0.4, 0.5) is 17.6 Å². The average molecular weight is 267 g/mol. The van der Waals surface area contributed by atoms with Crippen LogP contribution in [0.5, 0.6) is 5.75 Å². The number of hydrogen-bond acceptors (Lipinski definition) is 1. The van der Waals surface area contributed by atoms with Crippen LogP contribution in [0.25, 0.3) is 0 Å². The third kappa shape index (κ3) is 4.96. The predicted octanol–water partition coefficient (Wildman–Crippen LogP) is 3.70. The SMILES string of the molecule is Fc1cc(C#CCCCl)ccc1OC(F)(F)F. The average Bonchev–Trinajstić information content (AvgIpc) is 2.21. The van der Waals surface area contributed by atoms with Gasteiger partial charge in [-0.3, -0.25) is 0 Å². The Hall–Kier alpha value is -1.41. The van der Waals surface area contributed by atoms with E-state index >= 15 is 0 Å².